The molecule has 1 fully saturated rings. The van der Waals surface area contributed by atoms with Gasteiger partial charge in [0, 0.05) is 45.5 Å². The lowest BCUT2D eigenvalue weighted by Crippen LogP contribution is -2.37. The van der Waals surface area contributed by atoms with Crippen molar-refractivity contribution < 1.29 is 4.79 Å². The first-order valence-corrected chi connectivity index (χ1v) is 13.7. The normalized spacial score (nSPS) is 14.0. The summed E-state index contributed by atoms with van der Waals surface area (Å²) < 4.78 is 8.92. The van der Waals surface area contributed by atoms with Crippen LogP contribution in [0.15, 0.2) is 59.9 Å². The van der Waals surface area contributed by atoms with E-state index in [1.807, 2.05) is 59.1 Å². The molecule has 0 bridgehead atoms. The number of amides is 1. The third-order valence-corrected chi connectivity index (χ3v) is 8.05. The molecule has 0 spiro atoms. The van der Waals surface area contributed by atoms with Crippen LogP contribution in [0.5, 0.6) is 0 Å². The van der Waals surface area contributed by atoms with Gasteiger partial charge in [0.2, 0.25) is 5.91 Å². The van der Waals surface area contributed by atoms with E-state index in [1.54, 1.807) is 40.4 Å². The molecule has 12 heteroatoms. The first-order chi connectivity index (χ1) is 19.9. The predicted octanol–water partition coefficient (Wildman–Crippen LogP) is 2.89. The second-order valence-corrected chi connectivity index (χ2v) is 10.7. The molecule has 1 aliphatic rings. The molecule has 208 valence electrons. The average Bonchev–Trinajstić information content (AvgIpc) is 3.77. The molecule has 2 aromatic carbocycles. The summed E-state index contributed by atoms with van der Waals surface area (Å²) >= 11 is 0. The summed E-state index contributed by atoms with van der Waals surface area (Å²) in [6, 6.07) is 12.0. The minimum atomic E-state index is -0.0742. The van der Waals surface area contributed by atoms with Gasteiger partial charge in [-0.1, -0.05) is 11.3 Å². The van der Waals surface area contributed by atoms with Gasteiger partial charge in [0.05, 0.1) is 40.8 Å². The molecule has 1 amide bonds. The van der Waals surface area contributed by atoms with Crippen molar-refractivity contribution in [1.29, 1.82) is 0 Å². The summed E-state index contributed by atoms with van der Waals surface area (Å²) in [4.78, 5) is 36.6. The maximum absolute atomic E-state index is 12.7. The summed E-state index contributed by atoms with van der Waals surface area (Å²) in [6.07, 6.45) is 8.64. The smallest absolute Gasteiger partial charge is 0.328 e. The van der Waals surface area contributed by atoms with Crippen LogP contribution in [0.25, 0.3) is 50.5 Å². The first kappa shape index (κ1) is 25.0. The van der Waals surface area contributed by atoms with E-state index in [0.717, 1.165) is 70.8 Å². The second-order valence-electron chi connectivity index (χ2n) is 10.7. The highest BCUT2D eigenvalue weighted by molar-refractivity contribution is 5.88. The van der Waals surface area contributed by atoms with Crippen LogP contribution in [0, 0.1) is 0 Å². The number of rotatable bonds is 5. The third-order valence-electron chi connectivity index (χ3n) is 8.05. The molecule has 0 saturated carbocycles. The number of piperidine rings is 1. The zero-order valence-corrected chi connectivity index (χ0v) is 23.2. The van der Waals surface area contributed by atoms with Crippen molar-refractivity contribution in [1.82, 2.24) is 48.1 Å². The van der Waals surface area contributed by atoms with Gasteiger partial charge in [-0.2, -0.15) is 0 Å². The Labute approximate surface area is 235 Å². The van der Waals surface area contributed by atoms with Gasteiger partial charge in [-0.25, -0.2) is 19.4 Å². The van der Waals surface area contributed by atoms with E-state index in [9.17, 15) is 9.59 Å². The number of hydrogen-bond acceptors (Lipinski definition) is 6. The molecule has 4 aromatic heterocycles. The van der Waals surface area contributed by atoms with Crippen molar-refractivity contribution >= 4 is 28.0 Å². The van der Waals surface area contributed by atoms with Crippen LogP contribution < -0.4 is 5.69 Å². The maximum Gasteiger partial charge on any atom is 0.328 e. The van der Waals surface area contributed by atoms with Gasteiger partial charge in [0.15, 0.2) is 5.82 Å². The van der Waals surface area contributed by atoms with Crippen molar-refractivity contribution in [2.75, 3.05) is 13.1 Å². The van der Waals surface area contributed by atoms with Gasteiger partial charge >= 0.3 is 5.69 Å². The molecule has 1 aliphatic heterocycles. The molecule has 0 unspecified atom stereocenters. The van der Waals surface area contributed by atoms with Crippen LogP contribution in [0.3, 0.4) is 0 Å². The maximum atomic E-state index is 12.7. The number of hydrogen-bond donors (Lipinski definition) is 0. The molecular weight excluding hydrogens is 520 g/mol. The highest BCUT2D eigenvalue weighted by atomic mass is 16.2. The van der Waals surface area contributed by atoms with Crippen LogP contribution in [0.1, 0.15) is 19.3 Å². The van der Waals surface area contributed by atoms with Gasteiger partial charge in [-0.05, 0) is 49.6 Å². The number of imidazole rings is 3. The SMILES string of the molecule is Cn1cncc1-c1nc2cc(-c3cn(CC(=O)N4CCCCC4)nn3)ccc2n1-c1ccc2c(c1)n(C)c(=O)n2C. The Hall–Kier alpha value is -5.00. The number of fused-ring (bicyclic) bond motifs is 2. The fraction of sp³-hybridized carbons (Fsp3) is 0.310. The van der Waals surface area contributed by atoms with Crippen LogP contribution in [0.2, 0.25) is 0 Å². The molecule has 0 aliphatic carbocycles. The standard InChI is InChI=1S/C29H30N10O2/c1-34-18-30-15-26(34)28-31-21-13-19(22-16-38(33-32-22)17-27(40)37-11-5-4-6-12-37)7-9-23(21)39(28)20-8-10-24-25(14-20)36(3)29(41)35(24)2/h7-10,13-16,18H,4-6,11-12,17H2,1-3H3. The predicted molar refractivity (Wildman–Crippen MR) is 154 cm³/mol. The number of carbonyl (C=O) groups is 1. The summed E-state index contributed by atoms with van der Waals surface area (Å²) in [5.74, 6) is 0.803. The fourth-order valence-corrected chi connectivity index (χ4v) is 5.77. The Balaban J connectivity index is 1.30. The van der Waals surface area contributed by atoms with Crippen molar-refractivity contribution in [3.8, 4) is 28.5 Å². The topological polar surface area (TPSA) is 114 Å². The Morgan fingerprint density at radius 3 is 2.49 bits per heavy atom. The molecule has 0 radical (unpaired) electrons. The van der Waals surface area contributed by atoms with Gasteiger partial charge in [-0.3, -0.25) is 18.5 Å². The van der Waals surface area contributed by atoms with E-state index in [1.165, 1.54) is 6.42 Å². The van der Waals surface area contributed by atoms with Crippen molar-refractivity contribution in [2.45, 2.75) is 25.8 Å². The lowest BCUT2D eigenvalue weighted by molar-refractivity contribution is -0.132. The Morgan fingerprint density at radius 1 is 0.927 bits per heavy atom. The van der Waals surface area contributed by atoms with Crippen LogP contribution >= 0.6 is 0 Å². The van der Waals surface area contributed by atoms with Gasteiger partial charge in [-0.15, -0.1) is 5.10 Å². The molecular formula is C29H30N10O2. The van der Waals surface area contributed by atoms with E-state index in [0.29, 0.717) is 5.69 Å². The Kier molecular flexibility index (Phi) is 5.84. The van der Waals surface area contributed by atoms with Gasteiger partial charge in [0.25, 0.3) is 0 Å². The zero-order chi connectivity index (χ0) is 28.2. The molecule has 41 heavy (non-hydrogen) atoms. The highest BCUT2D eigenvalue weighted by Crippen LogP contribution is 2.32. The van der Waals surface area contributed by atoms with Crippen LogP contribution in [-0.4, -0.2) is 67.1 Å². The molecule has 0 N–H and O–H groups in total. The van der Waals surface area contributed by atoms with Crippen molar-refractivity contribution in [3.63, 3.8) is 0 Å². The molecule has 1 saturated heterocycles. The molecule has 0 atom stereocenters. The van der Waals surface area contributed by atoms with E-state index < -0.39 is 0 Å². The number of likely N-dealkylation sites (tertiary alicyclic amines) is 1. The van der Waals surface area contributed by atoms with Crippen LogP contribution in [-0.2, 0) is 32.5 Å². The summed E-state index contributed by atoms with van der Waals surface area (Å²) in [6.45, 7) is 1.80. The van der Waals surface area contributed by atoms with Gasteiger partial charge in [0.1, 0.15) is 17.9 Å². The fourth-order valence-electron chi connectivity index (χ4n) is 5.77. The summed E-state index contributed by atoms with van der Waals surface area (Å²) in [5.41, 5.74) is 6.57. The highest BCUT2D eigenvalue weighted by Gasteiger charge is 2.20. The second kappa shape index (κ2) is 9.58. The first-order valence-electron chi connectivity index (χ1n) is 13.7. The zero-order valence-electron chi connectivity index (χ0n) is 23.2. The van der Waals surface area contributed by atoms with E-state index in [-0.39, 0.29) is 18.1 Å². The number of nitrogens with zero attached hydrogens (tertiary/aromatic N) is 10. The molecule has 5 heterocycles. The molecule has 7 rings (SSSR count). The number of aryl methyl sites for hydroxylation is 3. The Bertz CT molecular complexity index is 2000. The lowest BCUT2D eigenvalue weighted by Gasteiger charge is -2.26. The molecule has 12 nitrogen and oxygen atoms in total. The lowest BCUT2D eigenvalue weighted by atomic mass is 10.1. The quantitative estimate of drug-likeness (QED) is 0.326. The van der Waals surface area contributed by atoms with Crippen molar-refractivity contribution in [3.05, 3.63) is 65.6 Å². The van der Waals surface area contributed by atoms with E-state index >= 15 is 0 Å². The molecule has 6 aromatic rings. The van der Waals surface area contributed by atoms with Crippen molar-refractivity contribution in [2.24, 2.45) is 21.1 Å². The minimum Gasteiger partial charge on any atom is -0.341 e. The van der Waals surface area contributed by atoms with Gasteiger partial charge < -0.3 is 9.47 Å². The van der Waals surface area contributed by atoms with E-state index in [4.69, 9.17) is 4.98 Å². The monoisotopic (exact) mass is 550 g/mol. The average molecular weight is 551 g/mol. The third kappa shape index (κ3) is 4.14. The number of aromatic nitrogens is 9. The van der Waals surface area contributed by atoms with E-state index in [2.05, 4.69) is 19.9 Å². The largest absolute Gasteiger partial charge is 0.341 e. The summed E-state index contributed by atoms with van der Waals surface area (Å²) in [5, 5.41) is 8.58. The number of benzene rings is 2. The summed E-state index contributed by atoms with van der Waals surface area (Å²) in [7, 11) is 5.49. The minimum absolute atomic E-state index is 0.0732. The Morgan fingerprint density at radius 2 is 1.71 bits per heavy atom. The van der Waals surface area contributed by atoms with Crippen LogP contribution in [0.4, 0.5) is 0 Å². The number of carbonyl (C=O) groups excluding carboxylic acids is 1.